The van der Waals surface area contributed by atoms with Gasteiger partial charge in [-0.2, -0.15) is 17.5 Å². The number of aliphatic hydroxyl groups is 1. The standard InChI is InChI=1S/C21H16F5NO4S/c22-14-6-11(2-1-5-28)7-15(23)19(14)29-9-13-18(27-32-20(13)21(24,25)26)12-3-4-16-17(8-12)31-10-30-16/h3-4,6-8,28H,1-2,5,9-10H2. The minimum absolute atomic E-state index is 0.00747. The molecule has 0 fully saturated rings. The molecule has 0 amide bonds. The van der Waals surface area contributed by atoms with E-state index in [1.54, 1.807) is 6.07 Å². The van der Waals surface area contributed by atoms with E-state index in [0.29, 0.717) is 29.0 Å². The molecule has 0 spiro atoms. The van der Waals surface area contributed by atoms with E-state index in [2.05, 4.69) is 4.37 Å². The van der Waals surface area contributed by atoms with Gasteiger partial charge in [0.25, 0.3) is 0 Å². The van der Waals surface area contributed by atoms with Crippen LogP contribution in [0.4, 0.5) is 22.0 Å². The Morgan fingerprint density at radius 1 is 1.06 bits per heavy atom. The van der Waals surface area contributed by atoms with E-state index >= 15 is 0 Å². The van der Waals surface area contributed by atoms with Crippen molar-refractivity contribution in [2.45, 2.75) is 25.6 Å². The second-order valence-corrected chi connectivity index (χ2v) is 7.68. The van der Waals surface area contributed by atoms with Gasteiger partial charge in [-0.05, 0) is 60.3 Å². The van der Waals surface area contributed by atoms with Crippen LogP contribution in [0.1, 0.15) is 22.4 Å². The van der Waals surface area contributed by atoms with Crippen LogP contribution in [0.2, 0.25) is 0 Å². The molecule has 0 bridgehead atoms. The third kappa shape index (κ3) is 4.49. The van der Waals surface area contributed by atoms with Crippen LogP contribution in [0.3, 0.4) is 0 Å². The second-order valence-electron chi connectivity index (χ2n) is 6.91. The van der Waals surface area contributed by atoms with Gasteiger partial charge in [-0.25, -0.2) is 8.78 Å². The maximum absolute atomic E-state index is 14.4. The van der Waals surface area contributed by atoms with Crippen LogP contribution in [0.5, 0.6) is 17.2 Å². The average Bonchev–Trinajstić information content (AvgIpc) is 3.37. The molecule has 1 N–H and O–H groups in total. The zero-order valence-corrected chi connectivity index (χ0v) is 17.2. The lowest BCUT2D eigenvalue weighted by Gasteiger charge is -2.13. The van der Waals surface area contributed by atoms with E-state index in [0.717, 1.165) is 12.1 Å². The SMILES string of the molecule is OCCCc1cc(F)c(OCc2c(-c3ccc4c(c3)OCO4)nsc2C(F)(F)F)c(F)c1. The molecule has 1 aliphatic heterocycles. The van der Waals surface area contributed by atoms with Crippen molar-refractivity contribution in [3.05, 3.63) is 58.0 Å². The zero-order valence-electron chi connectivity index (χ0n) is 16.3. The highest BCUT2D eigenvalue weighted by atomic mass is 32.1. The number of benzene rings is 2. The topological polar surface area (TPSA) is 60.8 Å². The van der Waals surface area contributed by atoms with Crippen molar-refractivity contribution in [3.8, 4) is 28.5 Å². The van der Waals surface area contributed by atoms with Gasteiger partial charge in [0.05, 0.1) is 5.69 Å². The quantitative estimate of drug-likeness (QED) is 0.470. The van der Waals surface area contributed by atoms with E-state index in [4.69, 9.17) is 19.3 Å². The molecule has 0 radical (unpaired) electrons. The average molecular weight is 473 g/mol. The monoisotopic (exact) mass is 473 g/mol. The largest absolute Gasteiger partial charge is 0.483 e. The van der Waals surface area contributed by atoms with Crippen molar-refractivity contribution in [1.29, 1.82) is 0 Å². The minimum Gasteiger partial charge on any atom is -0.483 e. The Labute approximate surface area is 183 Å². The van der Waals surface area contributed by atoms with Crippen LogP contribution in [-0.2, 0) is 19.2 Å². The van der Waals surface area contributed by atoms with Crippen molar-refractivity contribution in [3.63, 3.8) is 0 Å². The summed E-state index contributed by atoms with van der Waals surface area (Å²) in [5.74, 6) is -2.07. The van der Waals surface area contributed by atoms with Crippen molar-refractivity contribution in [1.82, 2.24) is 4.37 Å². The summed E-state index contributed by atoms with van der Waals surface area (Å²) in [6.07, 6.45) is -4.17. The van der Waals surface area contributed by atoms with Crippen molar-refractivity contribution < 1.29 is 41.3 Å². The molecular weight excluding hydrogens is 457 g/mol. The molecule has 0 saturated carbocycles. The van der Waals surface area contributed by atoms with Gasteiger partial charge in [0.1, 0.15) is 11.5 Å². The number of halogens is 5. The Bertz CT molecular complexity index is 1110. The van der Waals surface area contributed by atoms with Gasteiger partial charge in [0.2, 0.25) is 6.79 Å². The Morgan fingerprint density at radius 2 is 1.78 bits per heavy atom. The van der Waals surface area contributed by atoms with Crippen molar-refractivity contribution in [2.24, 2.45) is 0 Å². The highest BCUT2D eigenvalue weighted by Gasteiger charge is 2.38. The third-order valence-electron chi connectivity index (χ3n) is 4.73. The predicted octanol–water partition coefficient (Wildman–Crippen LogP) is 5.34. The lowest BCUT2D eigenvalue weighted by molar-refractivity contribution is -0.135. The summed E-state index contributed by atoms with van der Waals surface area (Å²) >= 11 is 0.228. The number of ether oxygens (including phenoxy) is 3. The van der Waals surface area contributed by atoms with E-state index in [1.807, 2.05) is 0 Å². The lowest BCUT2D eigenvalue weighted by atomic mass is 10.1. The number of aromatic nitrogens is 1. The second kappa shape index (κ2) is 8.91. The van der Waals surface area contributed by atoms with E-state index in [1.165, 1.54) is 12.1 Å². The molecule has 1 aliphatic rings. The Hall–Kier alpha value is -2.92. The predicted molar refractivity (Wildman–Crippen MR) is 105 cm³/mol. The molecule has 4 rings (SSSR count). The van der Waals surface area contributed by atoms with Gasteiger partial charge >= 0.3 is 6.18 Å². The van der Waals surface area contributed by atoms with Crippen LogP contribution in [0.25, 0.3) is 11.3 Å². The molecule has 170 valence electrons. The van der Waals surface area contributed by atoms with Crippen LogP contribution in [0, 0.1) is 11.6 Å². The number of hydrogen-bond donors (Lipinski definition) is 1. The summed E-state index contributed by atoms with van der Waals surface area (Å²) in [5.41, 5.74) is 0.251. The third-order valence-corrected chi connectivity index (χ3v) is 5.67. The van der Waals surface area contributed by atoms with Gasteiger partial charge in [0.15, 0.2) is 28.9 Å². The van der Waals surface area contributed by atoms with Crippen molar-refractivity contribution in [2.75, 3.05) is 13.4 Å². The molecule has 0 unspecified atom stereocenters. The molecule has 0 atom stereocenters. The first-order valence-corrected chi connectivity index (χ1v) is 10.2. The fourth-order valence-corrected chi connectivity index (χ4v) is 4.03. The molecule has 5 nitrogen and oxygen atoms in total. The van der Waals surface area contributed by atoms with Gasteiger partial charge in [-0.3, -0.25) is 0 Å². The molecule has 2 aromatic carbocycles. The number of hydrogen-bond acceptors (Lipinski definition) is 6. The summed E-state index contributed by atoms with van der Waals surface area (Å²) in [6, 6.07) is 6.60. The van der Waals surface area contributed by atoms with Gasteiger partial charge in [0, 0.05) is 17.7 Å². The van der Waals surface area contributed by atoms with E-state index in [-0.39, 0.29) is 42.6 Å². The van der Waals surface area contributed by atoms with Gasteiger partial charge in [-0.15, -0.1) is 0 Å². The first-order chi connectivity index (χ1) is 15.3. The summed E-state index contributed by atoms with van der Waals surface area (Å²) in [7, 11) is 0. The molecule has 0 aliphatic carbocycles. The summed E-state index contributed by atoms with van der Waals surface area (Å²) in [4.78, 5) is -1.02. The molecule has 2 heterocycles. The molecule has 11 heteroatoms. The first kappa shape index (κ1) is 22.3. The number of alkyl halides is 3. The smallest absolute Gasteiger partial charge is 0.427 e. The van der Waals surface area contributed by atoms with Crippen LogP contribution >= 0.6 is 11.5 Å². The normalized spacial score (nSPS) is 12.9. The summed E-state index contributed by atoms with van der Waals surface area (Å²) in [6.45, 7) is -0.902. The number of aryl methyl sites for hydroxylation is 1. The van der Waals surface area contributed by atoms with Crippen LogP contribution in [0.15, 0.2) is 30.3 Å². The number of nitrogens with zero attached hydrogens (tertiary/aromatic N) is 1. The van der Waals surface area contributed by atoms with Crippen LogP contribution < -0.4 is 14.2 Å². The Kier molecular flexibility index (Phi) is 6.20. The van der Waals surface area contributed by atoms with E-state index < -0.39 is 35.0 Å². The molecule has 1 aromatic heterocycles. The number of rotatable bonds is 7. The summed E-state index contributed by atoms with van der Waals surface area (Å²) in [5, 5.41) is 8.85. The fraction of sp³-hybridized carbons (Fsp3) is 0.286. The van der Waals surface area contributed by atoms with Gasteiger partial charge in [-0.1, -0.05) is 0 Å². The molecular formula is C21H16F5NO4S. The van der Waals surface area contributed by atoms with Gasteiger partial charge < -0.3 is 19.3 Å². The van der Waals surface area contributed by atoms with Crippen molar-refractivity contribution >= 4 is 11.5 Å². The minimum atomic E-state index is -4.73. The maximum atomic E-state index is 14.4. The Morgan fingerprint density at radius 3 is 2.47 bits per heavy atom. The maximum Gasteiger partial charge on any atom is 0.427 e. The lowest BCUT2D eigenvalue weighted by Crippen LogP contribution is -2.09. The summed E-state index contributed by atoms with van der Waals surface area (Å²) < 4.78 is 89.0. The zero-order chi connectivity index (χ0) is 22.9. The molecule has 32 heavy (non-hydrogen) atoms. The highest BCUT2D eigenvalue weighted by Crippen LogP contribution is 2.42. The highest BCUT2D eigenvalue weighted by molar-refractivity contribution is 7.06. The molecule has 3 aromatic rings. The fourth-order valence-electron chi connectivity index (χ4n) is 3.26. The number of aliphatic hydroxyl groups excluding tert-OH is 1. The number of fused-ring (bicyclic) bond motifs is 1. The van der Waals surface area contributed by atoms with Crippen LogP contribution in [-0.4, -0.2) is 22.9 Å². The van der Waals surface area contributed by atoms with E-state index in [9.17, 15) is 22.0 Å². The Balaban J connectivity index is 1.66. The molecule has 0 saturated heterocycles. The first-order valence-electron chi connectivity index (χ1n) is 9.45.